The molecule has 0 aliphatic heterocycles. The fraction of sp³-hybridized carbons (Fsp3) is 0.429. The lowest BCUT2D eigenvalue weighted by molar-refractivity contribution is 0.624. The molecule has 0 bridgehead atoms. The lowest BCUT2D eigenvalue weighted by atomic mass is 10.1. The first-order chi connectivity index (χ1) is 7.63. The Morgan fingerprint density at radius 2 is 2.19 bits per heavy atom. The van der Waals surface area contributed by atoms with E-state index in [1.54, 1.807) is 6.07 Å². The van der Waals surface area contributed by atoms with Crippen LogP contribution < -0.4 is 5.32 Å². The van der Waals surface area contributed by atoms with Gasteiger partial charge in [0, 0.05) is 12.1 Å². The monoisotopic (exact) mass is 221 g/mol. The predicted octanol–water partition coefficient (Wildman–Crippen LogP) is 3.54. The Balaban J connectivity index is 2.69. The van der Waals surface area contributed by atoms with Gasteiger partial charge in [-0.2, -0.15) is 0 Å². The highest BCUT2D eigenvalue weighted by Gasteiger charge is 1.99. The number of nitrogens with one attached hydrogen (secondary N) is 1. The van der Waals surface area contributed by atoms with Crippen molar-refractivity contribution in [2.24, 2.45) is 0 Å². The molecule has 16 heavy (non-hydrogen) atoms. The maximum Gasteiger partial charge on any atom is 0.130 e. The Bertz CT molecular complexity index is 369. The van der Waals surface area contributed by atoms with Crippen molar-refractivity contribution in [3.05, 3.63) is 40.7 Å². The summed E-state index contributed by atoms with van der Waals surface area (Å²) in [5.41, 5.74) is 2.91. The second-order valence-electron chi connectivity index (χ2n) is 4.19. The largest absolute Gasteiger partial charge is 0.313 e. The maximum atomic E-state index is 13.5. The highest BCUT2D eigenvalue weighted by molar-refractivity contribution is 5.54. The summed E-state index contributed by atoms with van der Waals surface area (Å²) in [7, 11) is 0. The van der Waals surface area contributed by atoms with Gasteiger partial charge in [0.25, 0.3) is 0 Å². The van der Waals surface area contributed by atoms with Crippen LogP contribution in [0.1, 0.15) is 31.4 Å². The van der Waals surface area contributed by atoms with Crippen LogP contribution in [0.4, 0.5) is 4.39 Å². The number of rotatable bonds is 5. The molecule has 88 valence electrons. The van der Waals surface area contributed by atoms with Crippen LogP contribution in [0.15, 0.2) is 23.8 Å². The molecule has 1 N–H and O–H groups in total. The normalized spacial score (nSPS) is 11.9. The van der Waals surface area contributed by atoms with Crippen LogP contribution >= 0.6 is 0 Å². The summed E-state index contributed by atoms with van der Waals surface area (Å²) < 4.78 is 13.5. The summed E-state index contributed by atoms with van der Waals surface area (Å²) in [6.07, 6.45) is 3.02. The van der Waals surface area contributed by atoms with Crippen molar-refractivity contribution in [1.29, 1.82) is 0 Å². The summed E-state index contributed by atoms with van der Waals surface area (Å²) in [6.45, 7) is 7.95. The topological polar surface area (TPSA) is 12.0 Å². The standard InChI is InChI=1S/C14H20FN/c1-4-7-16-10-12(3)9-13-8-11(2)5-6-14(13)15/h5-6,8-9,16H,4,7,10H2,1-3H3/b12-9+. The molecule has 0 saturated carbocycles. The van der Waals surface area contributed by atoms with Gasteiger partial charge in [-0.25, -0.2) is 4.39 Å². The molecule has 2 heteroatoms. The molecular formula is C14H20FN. The van der Waals surface area contributed by atoms with E-state index in [4.69, 9.17) is 0 Å². The summed E-state index contributed by atoms with van der Waals surface area (Å²) in [6, 6.07) is 5.18. The van der Waals surface area contributed by atoms with Crippen LogP contribution in [0.2, 0.25) is 0 Å². The van der Waals surface area contributed by atoms with Crippen LogP contribution in [0, 0.1) is 12.7 Å². The second-order valence-corrected chi connectivity index (χ2v) is 4.19. The molecule has 0 atom stereocenters. The number of hydrogen-bond donors (Lipinski definition) is 1. The molecule has 1 rings (SSSR count). The number of hydrogen-bond acceptors (Lipinski definition) is 1. The van der Waals surface area contributed by atoms with Crippen LogP contribution in [-0.2, 0) is 0 Å². The molecule has 0 aromatic heterocycles. The predicted molar refractivity (Wildman–Crippen MR) is 67.9 cm³/mol. The van der Waals surface area contributed by atoms with E-state index in [1.807, 2.05) is 26.0 Å². The van der Waals surface area contributed by atoms with Crippen molar-refractivity contribution in [2.45, 2.75) is 27.2 Å². The highest BCUT2D eigenvalue weighted by Crippen LogP contribution is 2.13. The van der Waals surface area contributed by atoms with Crippen molar-refractivity contribution in [2.75, 3.05) is 13.1 Å². The molecule has 0 fully saturated rings. The van der Waals surface area contributed by atoms with Crippen LogP contribution in [0.25, 0.3) is 6.08 Å². The zero-order valence-electron chi connectivity index (χ0n) is 10.3. The number of halogens is 1. The van der Waals surface area contributed by atoms with Crippen molar-refractivity contribution in [1.82, 2.24) is 5.32 Å². The van der Waals surface area contributed by atoms with E-state index in [1.165, 1.54) is 6.07 Å². The minimum atomic E-state index is -0.152. The van der Waals surface area contributed by atoms with Gasteiger partial charge in [0.1, 0.15) is 5.82 Å². The Morgan fingerprint density at radius 3 is 2.88 bits per heavy atom. The molecule has 0 aliphatic rings. The Kier molecular flexibility index (Phi) is 5.20. The molecule has 0 spiro atoms. The van der Waals surface area contributed by atoms with Crippen LogP contribution in [0.3, 0.4) is 0 Å². The number of aryl methyl sites for hydroxylation is 1. The van der Waals surface area contributed by atoms with Gasteiger partial charge in [-0.3, -0.25) is 0 Å². The molecule has 0 heterocycles. The van der Waals surface area contributed by atoms with Gasteiger partial charge in [0.05, 0.1) is 0 Å². The van der Waals surface area contributed by atoms with Crippen LogP contribution in [0.5, 0.6) is 0 Å². The Hall–Kier alpha value is -1.15. The van der Waals surface area contributed by atoms with Crippen LogP contribution in [-0.4, -0.2) is 13.1 Å². The van der Waals surface area contributed by atoms with Crippen molar-refractivity contribution < 1.29 is 4.39 Å². The van der Waals surface area contributed by atoms with Gasteiger partial charge in [-0.1, -0.05) is 30.2 Å². The van der Waals surface area contributed by atoms with E-state index in [2.05, 4.69) is 12.2 Å². The second kappa shape index (κ2) is 6.44. The number of benzene rings is 1. The SMILES string of the molecule is CCCNC/C(C)=C/c1cc(C)ccc1F. The summed E-state index contributed by atoms with van der Waals surface area (Å²) in [4.78, 5) is 0. The first-order valence-electron chi connectivity index (χ1n) is 5.77. The third-order valence-electron chi connectivity index (χ3n) is 2.38. The molecule has 1 nitrogen and oxygen atoms in total. The van der Waals surface area contributed by atoms with Gasteiger partial charge in [0.2, 0.25) is 0 Å². The van der Waals surface area contributed by atoms with Crippen molar-refractivity contribution >= 4 is 6.08 Å². The molecule has 0 saturated heterocycles. The first-order valence-corrected chi connectivity index (χ1v) is 5.77. The van der Waals surface area contributed by atoms with Gasteiger partial charge < -0.3 is 5.32 Å². The molecule has 0 unspecified atom stereocenters. The molecule has 1 aromatic rings. The zero-order valence-corrected chi connectivity index (χ0v) is 10.3. The third kappa shape index (κ3) is 4.15. The third-order valence-corrected chi connectivity index (χ3v) is 2.38. The fourth-order valence-electron chi connectivity index (χ4n) is 1.55. The summed E-state index contributed by atoms with van der Waals surface area (Å²) >= 11 is 0. The molecular weight excluding hydrogens is 201 g/mol. The van der Waals surface area contributed by atoms with E-state index >= 15 is 0 Å². The minimum Gasteiger partial charge on any atom is -0.313 e. The summed E-state index contributed by atoms with van der Waals surface area (Å²) in [5.74, 6) is -0.152. The Labute approximate surface area is 97.4 Å². The quantitative estimate of drug-likeness (QED) is 0.750. The molecule has 1 aromatic carbocycles. The lowest BCUT2D eigenvalue weighted by Gasteiger charge is -2.04. The maximum absolute atomic E-state index is 13.5. The van der Waals surface area contributed by atoms with Gasteiger partial charge in [0.15, 0.2) is 0 Å². The highest BCUT2D eigenvalue weighted by atomic mass is 19.1. The Morgan fingerprint density at radius 1 is 1.44 bits per heavy atom. The van der Waals surface area contributed by atoms with Gasteiger partial charge >= 0.3 is 0 Å². The zero-order chi connectivity index (χ0) is 12.0. The molecule has 0 aliphatic carbocycles. The first kappa shape index (κ1) is 12.9. The van der Waals surface area contributed by atoms with Gasteiger partial charge in [-0.15, -0.1) is 0 Å². The summed E-state index contributed by atoms with van der Waals surface area (Å²) in [5, 5.41) is 3.30. The van der Waals surface area contributed by atoms with E-state index in [-0.39, 0.29) is 5.82 Å². The molecule has 0 amide bonds. The fourth-order valence-corrected chi connectivity index (χ4v) is 1.55. The van der Waals surface area contributed by atoms with E-state index in [0.717, 1.165) is 30.6 Å². The van der Waals surface area contributed by atoms with Crippen molar-refractivity contribution in [3.63, 3.8) is 0 Å². The minimum absolute atomic E-state index is 0.152. The molecule has 0 radical (unpaired) electrons. The van der Waals surface area contributed by atoms with Gasteiger partial charge in [-0.05, 0) is 38.9 Å². The average Bonchev–Trinajstić information content (AvgIpc) is 2.24. The van der Waals surface area contributed by atoms with E-state index in [9.17, 15) is 4.39 Å². The average molecular weight is 221 g/mol. The van der Waals surface area contributed by atoms with E-state index < -0.39 is 0 Å². The van der Waals surface area contributed by atoms with E-state index in [0.29, 0.717) is 5.56 Å². The van der Waals surface area contributed by atoms with Crippen molar-refractivity contribution in [3.8, 4) is 0 Å². The lowest BCUT2D eigenvalue weighted by Crippen LogP contribution is -2.16. The smallest absolute Gasteiger partial charge is 0.130 e.